The molecule has 1 aliphatic rings. The average Bonchev–Trinajstić information content (AvgIpc) is 3.47. The highest BCUT2D eigenvalue weighted by molar-refractivity contribution is 5.76. The summed E-state index contributed by atoms with van der Waals surface area (Å²) in [6, 6.07) is 13.7. The van der Waals surface area contributed by atoms with Gasteiger partial charge < -0.3 is 13.8 Å². The molecule has 0 atom stereocenters. The largest absolute Gasteiger partial charge is 0.440 e. The number of carbonyl (C=O) groups excluding carboxylic acids is 1. The fourth-order valence-corrected chi connectivity index (χ4v) is 4.06. The van der Waals surface area contributed by atoms with Gasteiger partial charge in [0.2, 0.25) is 17.6 Å². The number of hydrogen-bond donors (Lipinski definition) is 0. The summed E-state index contributed by atoms with van der Waals surface area (Å²) in [7, 11) is 0. The van der Waals surface area contributed by atoms with E-state index in [1.807, 2.05) is 29.2 Å². The van der Waals surface area contributed by atoms with Crippen molar-refractivity contribution in [2.75, 3.05) is 13.1 Å². The molecule has 0 spiro atoms. The van der Waals surface area contributed by atoms with Crippen molar-refractivity contribution in [1.82, 2.24) is 20.0 Å². The molecule has 164 valence electrons. The molecule has 2 aromatic heterocycles. The zero-order chi connectivity index (χ0) is 21.9. The van der Waals surface area contributed by atoms with Crippen LogP contribution in [-0.2, 0) is 11.2 Å². The molecule has 0 aliphatic carbocycles. The number of oxazole rings is 1. The molecule has 0 radical (unpaired) electrons. The van der Waals surface area contributed by atoms with Gasteiger partial charge in [-0.15, -0.1) is 0 Å². The second-order valence-corrected chi connectivity index (χ2v) is 8.05. The van der Waals surface area contributed by atoms with Gasteiger partial charge in [-0.1, -0.05) is 17.3 Å². The van der Waals surface area contributed by atoms with E-state index in [1.54, 1.807) is 12.1 Å². The monoisotopic (exact) mass is 434 g/mol. The molecule has 1 saturated heterocycles. The number of para-hydroxylation sites is 2. The van der Waals surface area contributed by atoms with Crippen molar-refractivity contribution in [2.45, 2.75) is 38.0 Å². The van der Waals surface area contributed by atoms with Crippen LogP contribution in [-0.4, -0.2) is 39.0 Å². The van der Waals surface area contributed by atoms with E-state index in [9.17, 15) is 9.18 Å². The van der Waals surface area contributed by atoms with Gasteiger partial charge in [0.25, 0.3) is 0 Å². The highest BCUT2D eigenvalue weighted by Gasteiger charge is 2.26. The maximum atomic E-state index is 13.0. The predicted molar refractivity (Wildman–Crippen MR) is 115 cm³/mol. The van der Waals surface area contributed by atoms with E-state index in [4.69, 9.17) is 8.94 Å². The Morgan fingerprint density at radius 3 is 2.62 bits per heavy atom. The minimum absolute atomic E-state index is 0.138. The van der Waals surface area contributed by atoms with Gasteiger partial charge in [0, 0.05) is 37.4 Å². The number of carbonyl (C=O) groups is 1. The number of hydrogen-bond acceptors (Lipinski definition) is 6. The number of likely N-dealkylation sites (tertiary alicyclic amines) is 1. The van der Waals surface area contributed by atoms with Crippen LogP contribution in [0.5, 0.6) is 0 Å². The molecule has 5 rings (SSSR count). The SMILES string of the molecule is O=C(CCCc1nc(-c2ccc(F)cc2)no1)N1CCC(c2nc3ccccc3o2)CC1. The number of fused-ring (bicyclic) bond motifs is 1. The summed E-state index contributed by atoms with van der Waals surface area (Å²) >= 11 is 0. The fraction of sp³-hybridized carbons (Fsp3) is 0.333. The molecule has 0 saturated carbocycles. The number of aromatic nitrogens is 3. The molecule has 0 unspecified atom stereocenters. The Hall–Kier alpha value is -3.55. The summed E-state index contributed by atoms with van der Waals surface area (Å²) in [5, 5.41) is 3.94. The van der Waals surface area contributed by atoms with Crippen LogP contribution in [0, 0.1) is 5.82 Å². The summed E-state index contributed by atoms with van der Waals surface area (Å²) in [5.74, 6) is 1.74. The normalized spacial score (nSPS) is 14.8. The zero-order valence-corrected chi connectivity index (χ0v) is 17.5. The Balaban J connectivity index is 1.09. The smallest absolute Gasteiger partial charge is 0.226 e. The van der Waals surface area contributed by atoms with Gasteiger partial charge in [-0.05, 0) is 55.7 Å². The van der Waals surface area contributed by atoms with Crippen LogP contribution in [0.3, 0.4) is 0 Å². The van der Waals surface area contributed by atoms with E-state index in [-0.39, 0.29) is 17.6 Å². The molecular formula is C24H23FN4O3. The number of amides is 1. The molecular weight excluding hydrogens is 411 g/mol. The Morgan fingerprint density at radius 1 is 1.06 bits per heavy atom. The number of piperidine rings is 1. The first-order valence-electron chi connectivity index (χ1n) is 10.9. The molecule has 32 heavy (non-hydrogen) atoms. The Bertz CT molecular complexity index is 1180. The number of nitrogens with zero attached hydrogens (tertiary/aromatic N) is 4. The first-order chi connectivity index (χ1) is 15.7. The van der Waals surface area contributed by atoms with Crippen LogP contribution in [0.25, 0.3) is 22.5 Å². The average molecular weight is 434 g/mol. The van der Waals surface area contributed by atoms with Gasteiger partial charge in [0.15, 0.2) is 11.5 Å². The molecule has 3 heterocycles. The zero-order valence-electron chi connectivity index (χ0n) is 17.5. The number of halogens is 1. The third kappa shape index (κ3) is 4.39. The molecule has 1 fully saturated rings. The van der Waals surface area contributed by atoms with Gasteiger partial charge in [-0.25, -0.2) is 9.37 Å². The number of aryl methyl sites for hydroxylation is 1. The lowest BCUT2D eigenvalue weighted by atomic mass is 9.96. The van der Waals surface area contributed by atoms with Crippen molar-refractivity contribution < 1.29 is 18.1 Å². The third-order valence-corrected chi connectivity index (χ3v) is 5.86. The summed E-state index contributed by atoms with van der Waals surface area (Å²) in [4.78, 5) is 23.5. The topological polar surface area (TPSA) is 85.3 Å². The van der Waals surface area contributed by atoms with E-state index >= 15 is 0 Å². The van der Waals surface area contributed by atoms with Crippen molar-refractivity contribution in [2.24, 2.45) is 0 Å². The van der Waals surface area contributed by atoms with E-state index in [2.05, 4.69) is 15.1 Å². The molecule has 0 bridgehead atoms. The number of benzene rings is 2. The van der Waals surface area contributed by atoms with E-state index in [0.717, 1.165) is 29.8 Å². The Kier molecular flexibility index (Phi) is 5.66. The summed E-state index contributed by atoms with van der Waals surface area (Å²) < 4.78 is 24.2. The summed E-state index contributed by atoms with van der Waals surface area (Å²) in [5.41, 5.74) is 2.38. The maximum Gasteiger partial charge on any atom is 0.226 e. The molecule has 8 heteroatoms. The van der Waals surface area contributed by atoms with Gasteiger partial charge in [-0.2, -0.15) is 4.98 Å². The molecule has 1 amide bonds. The minimum Gasteiger partial charge on any atom is -0.440 e. The first kappa shape index (κ1) is 20.4. The van der Waals surface area contributed by atoms with E-state index in [0.29, 0.717) is 49.6 Å². The predicted octanol–water partition coefficient (Wildman–Crippen LogP) is 4.75. The summed E-state index contributed by atoms with van der Waals surface area (Å²) in [6.07, 6.45) is 3.29. The molecule has 4 aromatic rings. The lowest BCUT2D eigenvalue weighted by Crippen LogP contribution is -2.37. The van der Waals surface area contributed by atoms with Gasteiger partial charge in [0.05, 0.1) is 0 Å². The molecule has 7 nitrogen and oxygen atoms in total. The minimum atomic E-state index is -0.311. The highest BCUT2D eigenvalue weighted by atomic mass is 19.1. The standard InChI is InChI=1S/C24H23FN4O3/c25-18-10-8-16(9-11-18)23-27-21(32-28-23)6-3-7-22(30)29-14-12-17(13-15-29)24-26-19-4-1-2-5-20(19)31-24/h1-2,4-5,8-11,17H,3,6-7,12-15H2. The molecule has 1 aliphatic heterocycles. The van der Waals surface area contributed by atoms with Crippen LogP contribution in [0.2, 0.25) is 0 Å². The van der Waals surface area contributed by atoms with E-state index < -0.39 is 0 Å². The first-order valence-corrected chi connectivity index (χ1v) is 10.9. The van der Waals surface area contributed by atoms with Gasteiger partial charge in [-0.3, -0.25) is 4.79 Å². The Morgan fingerprint density at radius 2 is 1.84 bits per heavy atom. The van der Waals surface area contributed by atoms with Gasteiger partial charge in [0.1, 0.15) is 11.3 Å². The Labute approximate surface area is 184 Å². The summed E-state index contributed by atoms with van der Waals surface area (Å²) in [6.45, 7) is 1.41. The molecule has 2 aromatic carbocycles. The number of rotatable bonds is 6. The maximum absolute atomic E-state index is 13.0. The van der Waals surface area contributed by atoms with Gasteiger partial charge >= 0.3 is 0 Å². The third-order valence-electron chi connectivity index (χ3n) is 5.86. The quantitative estimate of drug-likeness (QED) is 0.436. The second kappa shape index (κ2) is 8.90. The van der Waals surface area contributed by atoms with Crippen LogP contribution >= 0.6 is 0 Å². The van der Waals surface area contributed by atoms with Crippen molar-refractivity contribution in [3.05, 3.63) is 66.1 Å². The van der Waals surface area contributed by atoms with Crippen LogP contribution < -0.4 is 0 Å². The van der Waals surface area contributed by atoms with Crippen LogP contribution in [0.1, 0.15) is 43.4 Å². The highest BCUT2D eigenvalue weighted by Crippen LogP contribution is 2.30. The van der Waals surface area contributed by atoms with Crippen molar-refractivity contribution >= 4 is 17.0 Å². The van der Waals surface area contributed by atoms with Crippen molar-refractivity contribution in [1.29, 1.82) is 0 Å². The van der Waals surface area contributed by atoms with Crippen molar-refractivity contribution in [3.8, 4) is 11.4 Å². The fourth-order valence-electron chi connectivity index (χ4n) is 4.06. The van der Waals surface area contributed by atoms with Crippen LogP contribution in [0.15, 0.2) is 57.5 Å². The lowest BCUT2D eigenvalue weighted by Gasteiger charge is -2.30. The second-order valence-electron chi connectivity index (χ2n) is 8.05. The van der Waals surface area contributed by atoms with E-state index in [1.165, 1.54) is 12.1 Å². The molecule has 0 N–H and O–H groups in total. The lowest BCUT2D eigenvalue weighted by molar-refractivity contribution is -0.132. The van der Waals surface area contributed by atoms with Crippen molar-refractivity contribution in [3.63, 3.8) is 0 Å². The van der Waals surface area contributed by atoms with Crippen LogP contribution in [0.4, 0.5) is 4.39 Å².